The highest BCUT2D eigenvalue weighted by Crippen LogP contribution is 2.27. The predicted octanol–water partition coefficient (Wildman–Crippen LogP) is 3.48. The predicted molar refractivity (Wildman–Crippen MR) is 70.8 cm³/mol. The summed E-state index contributed by atoms with van der Waals surface area (Å²) in [6, 6.07) is 9.70. The molecule has 16 heavy (non-hydrogen) atoms. The second-order valence-electron chi connectivity index (χ2n) is 3.55. The van der Waals surface area contributed by atoms with Crippen molar-refractivity contribution in [3.63, 3.8) is 0 Å². The normalized spacial score (nSPS) is 10.1. The number of hydrogen-bond acceptors (Lipinski definition) is 3. The van der Waals surface area contributed by atoms with Crippen LogP contribution in [0.25, 0.3) is 0 Å². The van der Waals surface area contributed by atoms with E-state index in [-0.39, 0.29) is 0 Å². The van der Waals surface area contributed by atoms with Gasteiger partial charge in [-0.3, -0.25) is 0 Å². The van der Waals surface area contributed by atoms with E-state index in [4.69, 9.17) is 5.73 Å². The topological polar surface area (TPSA) is 50.9 Å². The SMILES string of the molecule is Cc1ccc(Nc2ncccc2N)c(Br)c1. The summed E-state index contributed by atoms with van der Waals surface area (Å²) in [5.41, 5.74) is 8.60. The number of nitrogens with two attached hydrogens (primary N) is 1. The first-order valence-electron chi connectivity index (χ1n) is 4.90. The van der Waals surface area contributed by atoms with Gasteiger partial charge in [0.2, 0.25) is 0 Å². The monoisotopic (exact) mass is 277 g/mol. The second kappa shape index (κ2) is 4.53. The standard InChI is InChI=1S/C12H12BrN3/c1-8-4-5-11(9(13)7-8)16-12-10(14)3-2-6-15-12/h2-7H,14H2,1H3,(H,15,16). The highest BCUT2D eigenvalue weighted by atomic mass is 79.9. The highest BCUT2D eigenvalue weighted by molar-refractivity contribution is 9.10. The molecular weight excluding hydrogens is 266 g/mol. The maximum Gasteiger partial charge on any atom is 0.153 e. The van der Waals surface area contributed by atoms with E-state index in [0.29, 0.717) is 11.5 Å². The average Bonchev–Trinajstić information content (AvgIpc) is 2.25. The van der Waals surface area contributed by atoms with Gasteiger partial charge in [-0.1, -0.05) is 6.07 Å². The molecule has 0 saturated carbocycles. The lowest BCUT2D eigenvalue weighted by atomic mass is 10.2. The van der Waals surface area contributed by atoms with Gasteiger partial charge in [0.25, 0.3) is 0 Å². The van der Waals surface area contributed by atoms with Gasteiger partial charge < -0.3 is 11.1 Å². The van der Waals surface area contributed by atoms with Gasteiger partial charge >= 0.3 is 0 Å². The summed E-state index contributed by atoms with van der Waals surface area (Å²) in [5, 5.41) is 3.18. The molecule has 0 aliphatic rings. The number of aryl methyl sites for hydroxylation is 1. The van der Waals surface area contributed by atoms with E-state index < -0.39 is 0 Å². The molecule has 1 heterocycles. The Balaban J connectivity index is 2.31. The zero-order valence-corrected chi connectivity index (χ0v) is 10.5. The average molecular weight is 278 g/mol. The van der Waals surface area contributed by atoms with Crippen LogP contribution in [-0.2, 0) is 0 Å². The molecule has 0 unspecified atom stereocenters. The Morgan fingerprint density at radius 2 is 2.12 bits per heavy atom. The lowest BCUT2D eigenvalue weighted by Crippen LogP contribution is -1.99. The molecule has 0 aliphatic heterocycles. The summed E-state index contributed by atoms with van der Waals surface area (Å²) in [5.74, 6) is 0.673. The zero-order chi connectivity index (χ0) is 11.5. The number of halogens is 1. The van der Waals surface area contributed by atoms with Crippen LogP contribution in [0, 0.1) is 6.92 Å². The summed E-state index contributed by atoms with van der Waals surface area (Å²) in [7, 11) is 0. The van der Waals surface area contributed by atoms with Crippen LogP contribution in [0.3, 0.4) is 0 Å². The third-order valence-electron chi connectivity index (χ3n) is 2.22. The number of nitrogens with zero attached hydrogens (tertiary/aromatic N) is 1. The van der Waals surface area contributed by atoms with Crippen molar-refractivity contribution in [3.8, 4) is 0 Å². The first kappa shape index (κ1) is 11.0. The van der Waals surface area contributed by atoms with Gasteiger partial charge in [-0.05, 0) is 52.7 Å². The highest BCUT2D eigenvalue weighted by Gasteiger charge is 2.03. The van der Waals surface area contributed by atoms with Crippen LogP contribution >= 0.6 is 15.9 Å². The molecule has 3 nitrogen and oxygen atoms in total. The van der Waals surface area contributed by atoms with Crippen molar-refractivity contribution in [2.75, 3.05) is 11.1 Å². The van der Waals surface area contributed by atoms with Gasteiger partial charge in [0.1, 0.15) is 0 Å². The van der Waals surface area contributed by atoms with E-state index in [1.165, 1.54) is 5.56 Å². The molecule has 0 radical (unpaired) electrons. The number of rotatable bonds is 2. The number of nitrogen functional groups attached to an aromatic ring is 1. The molecule has 0 bridgehead atoms. The van der Waals surface area contributed by atoms with Crippen LogP contribution in [-0.4, -0.2) is 4.98 Å². The van der Waals surface area contributed by atoms with E-state index in [0.717, 1.165) is 10.2 Å². The number of benzene rings is 1. The summed E-state index contributed by atoms with van der Waals surface area (Å²) in [4.78, 5) is 4.18. The first-order valence-corrected chi connectivity index (χ1v) is 5.70. The molecule has 1 aromatic carbocycles. The van der Waals surface area contributed by atoms with Crippen molar-refractivity contribution in [2.45, 2.75) is 6.92 Å². The summed E-state index contributed by atoms with van der Waals surface area (Å²) in [6.45, 7) is 2.05. The molecule has 4 heteroatoms. The van der Waals surface area contributed by atoms with Crippen LogP contribution in [0.2, 0.25) is 0 Å². The van der Waals surface area contributed by atoms with Gasteiger partial charge in [-0.2, -0.15) is 0 Å². The lowest BCUT2D eigenvalue weighted by molar-refractivity contribution is 1.30. The fourth-order valence-electron chi connectivity index (χ4n) is 1.37. The molecule has 0 saturated heterocycles. The van der Waals surface area contributed by atoms with Crippen molar-refractivity contribution in [3.05, 3.63) is 46.6 Å². The Kier molecular flexibility index (Phi) is 3.10. The third kappa shape index (κ3) is 2.33. The van der Waals surface area contributed by atoms with Gasteiger partial charge in [-0.25, -0.2) is 4.98 Å². The maximum atomic E-state index is 5.81. The van der Waals surface area contributed by atoms with E-state index in [2.05, 4.69) is 26.2 Å². The largest absolute Gasteiger partial charge is 0.396 e. The number of anilines is 3. The Labute approximate surface area is 103 Å². The molecule has 0 spiro atoms. The van der Waals surface area contributed by atoms with Crippen LogP contribution in [0.4, 0.5) is 17.2 Å². The minimum atomic E-state index is 0.634. The van der Waals surface area contributed by atoms with E-state index >= 15 is 0 Å². The fourth-order valence-corrected chi connectivity index (χ4v) is 1.96. The zero-order valence-electron chi connectivity index (χ0n) is 8.87. The van der Waals surface area contributed by atoms with Crippen LogP contribution in [0.5, 0.6) is 0 Å². The van der Waals surface area contributed by atoms with Crippen LogP contribution in [0.1, 0.15) is 5.56 Å². The number of hydrogen-bond donors (Lipinski definition) is 2. The minimum absolute atomic E-state index is 0.634. The molecule has 0 fully saturated rings. The van der Waals surface area contributed by atoms with Crippen molar-refractivity contribution in [1.82, 2.24) is 4.98 Å². The Hall–Kier alpha value is -1.55. The Morgan fingerprint density at radius 3 is 2.81 bits per heavy atom. The van der Waals surface area contributed by atoms with Gasteiger partial charge in [0.05, 0.1) is 11.4 Å². The number of aromatic nitrogens is 1. The molecule has 2 aromatic rings. The van der Waals surface area contributed by atoms with Crippen molar-refractivity contribution in [2.24, 2.45) is 0 Å². The minimum Gasteiger partial charge on any atom is -0.396 e. The Bertz CT molecular complexity index is 511. The van der Waals surface area contributed by atoms with Crippen LogP contribution < -0.4 is 11.1 Å². The van der Waals surface area contributed by atoms with Crippen molar-refractivity contribution < 1.29 is 0 Å². The molecule has 82 valence electrons. The van der Waals surface area contributed by atoms with Gasteiger partial charge in [-0.15, -0.1) is 0 Å². The molecule has 0 amide bonds. The summed E-state index contributed by atoms with van der Waals surface area (Å²) < 4.78 is 0.998. The second-order valence-corrected chi connectivity index (χ2v) is 4.40. The molecular formula is C12H12BrN3. The molecule has 0 atom stereocenters. The van der Waals surface area contributed by atoms with Gasteiger partial charge in [0, 0.05) is 10.7 Å². The smallest absolute Gasteiger partial charge is 0.153 e. The molecule has 1 aromatic heterocycles. The van der Waals surface area contributed by atoms with Crippen molar-refractivity contribution >= 4 is 33.1 Å². The number of nitrogens with one attached hydrogen (secondary N) is 1. The van der Waals surface area contributed by atoms with E-state index in [9.17, 15) is 0 Å². The quantitative estimate of drug-likeness (QED) is 0.884. The van der Waals surface area contributed by atoms with Crippen LogP contribution in [0.15, 0.2) is 41.0 Å². The molecule has 3 N–H and O–H groups in total. The first-order chi connectivity index (χ1) is 7.66. The van der Waals surface area contributed by atoms with E-state index in [1.54, 1.807) is 6.20 Å². The lowest BCUT2D eigenvalue weighted by Gasteiger charge is -2.10. The maximum absolute atomic E-state index is 5.81. The number of pyridine rings is 1. The fraction of sp³-hybridized carbons (Fsp3) is 0.0833. The van der Waals surface area contributed by atoms with Crippen molar-refractivity contribution in [1.29, 1.82) is 0 Å². The summed E-state index contributed by atoms with van der Waals surface area (Å²) in [6.07, 6.45) is 1.71. The molecule has 0 aliphatic carbocycles. The third-order valence-corrected chi connectivity index (χ3v) is 2.87. The molecule has 2 rings (SSSR count). The summed E-state index contributed by atoms with van der Waals surface area (Å²) >= 11 is 3.50. The van der Waals surface area contributed by atoms with Gasteiger partial charge in [0.15, 0.2) is 5.82 Å². The van der Waals surface area contributed by atoms with E-state index in [1.807, 2.05) is 37.3 Å². The Morgan fingerprint density at radius 1 is 1.31 bits per heavy atom.